The molecule has 0 aromatic heterocycles. The van der Waals surface area contributed by atoms with Crippen LogP contribution in [0.15, 0.2) is 48.5 Å². The molecule has 26 heavy (non-hydrogen) atoms. The lowest BCUT2D eigenvalue weighted by Gasteiger charge is -2.26. The zero-order chi connectivity index (χ0) is 18.4. The van der Waals surface area contributed by atoms with E-state index in [2.05, 4.69) is 22.8 Å². The monoisotopic (exact) mass is 370 g/mol. The fraction of sp³-hybridized carbons (Fsp3) is 0.333. The molecule has 0 spiro atoms. The second-order valence-electron chi connectivity index (χ2n) is 6.58. The number of benzene rings is 2. The summed E-state index contributed by atoms with van der Waals surface area (Å²) < 4.78 is 0. The minimum atomic E-state index is -0.150. The quantitative estimate of drug-likeness (QED) is 0.754. The molecule has 1 atom stereocenters. The number of aryl methyl sites for hydroxylation is 1. The summed E-state index contributed by atoms with van der Waals surface area (Å²) in [7, 11) is 0. The van der Waals surface area contributed by atoms with Gasteiger partial charge in [0.25, 0.3) is 5.91 Å². The third-order valence-corrected chi connectivity index (χ3v) is 4.93. The normalized spacial score (nSPS) is 15.8. The number of hydrogen-bond acceptors (Lipinski definition) is 2. The molecule has 0 radical (unpaired) electrons. The minimum Gasteiger partial charge on any atom is -0.352 e. The van der Waals surface area contributed by atoms with E-state index in [1.165, 1.54) is 11.1 Å². The maximum absolute atomic E-state index is 12.2. The van der Waals surface area contributed by atoms with E-state index < -0.39 is 0 Å². The van der Waals surface area contributed by atoms with Crippen LogP contribution in [-0.2, 0) is 11.2 Å². The highest BCUT2D eigenvalue weighted by Gasteiger charge is 2.21. The standard InChI is InChI=1S/C21H23ClN2O2/c22-17-12-10-16(11-13-17)21(26)23-14-4-9-20(25)24-19-8-3-6-15-5-1-2-7-18(15)19/h1-2,5,7,10-13,19H,3-4,6,8-9,14H2,(H,23,26)(H,24,25)/t19-/m1/s1. The fourth-order valence-electron chi connectivity index (χ4n) is 3.32. The van der Waals surface area contributed by atoms with Crippen molar-refractivity contribution in [1.29, 1.82) is 0 Å². The average Bonchev–Trinajstić information content (AvgIpc) is 2.66. The SMILES string of the molecule is O=C(CCCNC(=O)c1ccc(Cl)cc1)N[C@@H]1CCCc2ccccc21. The van der Waals surface area contributed by atoms with Crippen LogP contribution in [0, 0.1) is 0 Å². The van der Waals surface area contributed by atoms with Crippen molar-refractivity contribution in [3.63, 3.8) is 0 Å². The predicted molar refractivity (Wildman–Crippen MR) is 103 cm³/mol. The number of carbonyl (C=O) groups is 2. The van der Waals surface area contributed by atoms with Gasteiger partial charge in [-0.2, -0.15) is 0 Å². The number of nitrogens with one attached hydrogen (secondary N) is 2. The van der Waals surface area contributed by atoms with Crippen molar-refractivity contribution >= 4 is 23.4 Å². The van der Waals surface area contributed by atoms with Gasteiger partial charge in [-0.15, -0.1) is 0 Å². The smallest absolute Gasteiger partial charge is 0.251 e. The van der Waals surface area contributed by atoms with Gasteiger partial charge in [0.15, 0.2) is 0 Å². The molecular formula is C21H23ClN2O2. The summed E-state index contributed by atoms with van der Waals surface area (Å²) in [5.41, 5.74) is 3.14. The Morgan fingerprint density at radius 3 is 2.65 bits per heavy atom. The Bertz CT molecular complexity index is 774. The van der Waals surface area contributed by atoms with E-state index in [9.17, 15) is 9.59 Å². The highest BCUT2D eigenvalue weighted by Crippen LogP contribution is 2.29. The third kappa shape index (κ3) is 4.85. The molecule has 2 aromatic rings. The van der Waals surface area contributed by atoms with Crippen molar-refractivity contribution in [2.75, 3.05) is 6.54 Å². The summed E-state index contributed by atoms with van der Waals surface area (Å²) in [6.07, 6.45) is 4.17. The molecule has 1 aliphatic carbocycles. The molecule has 4 nitrogen and oxygen atoms in total. The molecule has 0 heterocycles. The second-order valence-corrected chi connectivity index (χ2v) is 7.01. The summed E-state index contributed by atoms with van der Waals surface area (Å²) in [6.45, 7) is 0.468. The van der Waals surface area contributed by atoms with E-state index in [0.717, 1.165) is 19.3 Å². The summed E-state index contributed by atoms with van der Waals surface area (Å²) in [5, 5.41) is 6.57. The lowest BCUT2D eigenvalue weighted by atomic mass is 9.87. The van der Waals surface area contributed by atoms with Crippen LogP contribution in [0.4, 0.5) is 0 Å². The van der Waals surface area contributed by atoms with Gasteiger partial charge in [0.1, 0.15) is 0 Å². The maximum atomic E-state index is 12.2. The predicted octanol–water partition coefficient (Wildman–Crippen LogP) is 4.04. The van der Waals surface area contributed by atoms with Crippen LogP contribution in [0.2, 0.25) is 5.02 Å². The van der Waals surface area contributed by atoms with Gasteiger partial charge in [-0.25, -0.2) is 0 Å². The van der Waals surface area contributed by atoms with Crippen molar-refractivity contribution in [3.8, 4) is 0 Å². The summed E-state index contributed by atoms with van der Waals surface area (Å²) in [4.78, 5) is 24.2. The molecule has 0 unspecified atom stereocenters. The average molecular weight is 371 g/mol. The Hall–Kier alpha value is -2.33. The number of hydrogen-bond donors (Lipinski definition) is 2. The van der Waals surface area contributed by atoms with Gasteiger partial charge in [-0.3, -0.25) is 9.59 Å². The van der Waals surface area contributed by atoms with Gasteiger partial charge in [0.2, 0.25) is 5.91 Å². The van der Waals surface area contributed by atoms with Crippen LogP contribution >= 0.6 is 11.6 Å². The van der Waals surface area contributed by atoms with Gasteiger partial charge in [0, 0.05) is 23.6 Å². The number of amides is 2. The van der Waals surface area contributed by atoms with Crippen molar-refractivity contribution in [2.24, 2.45) is 0 Å². The van der Waals surface area contributed by atoms with Crippen LogP contribution in [0.25, 0.3) is 0 Å². The molecule has 0 saturated heterocycles. The highest BCUT2D eigenvalue weighted by atomic mass is 35.5. The van der Waals surface area contributed by atoms with E-state index in [4.69, 9.17) is 11.6 Å². The zero-order valence-electron chi connectivity index (χ0n) is 14.6. The van der Waals surface area contributed by atoms with Crippen molar-refractivity contribution in [2.45, 2.75) is 38.1 Å². The van der Waals surface area contributed by atoms with Gasteiger partial charge in [-0.05, 0) is 61.1 Å². The van der Waals surface area contributed by atoms with E-state index in [1.807, 2.05) is 12.1 Å². The Morgan fingerprint density at radius 2 is 1.85 bits per heavy atom. The molecule has 136 valence electrons. The number of rotatable bonds is 6. The Kier molecular flexibility index (Phi) is 6.29. The van der Waals surface area contributed by atoms with Crippen LogP contribution in [0.1, 0.15) is 53.2 Å². The first-order valence-corrected chi connectivity index (χ1v) is 9.42. The lowest BCUT2D eigenvalue weighted by Crippen LogP contribution is -2.32. The van der Waals surface area contributed by atoms with Gasteiger partial charge in [-0.1, -0.05) is 35.9 Å². The zero-order valence-corrected chi connectivity index (χ0v) is 15.4. The lowest BCUT2D eigenvalue weighted by molar-refractivity contribution is -0.122. The maximum Gasteiger partial charge on any atom is 0.251 e. The number of carbonyl (C=O) groups excluding carboxylic acids is 2. The van der Waals surface area contributed by atoms with Gasteiger partial charge >= 0.3 is 0 Å². The number of halogens is 1. The molecule has 0 aliphatic heterocycles. The van der Waals surface area contributed by atoms with E-state index in [-0.39, 0.29) is 17.9 Å². The molecule has 2 N–H and O–H groups in total. The first-order valence-electron chi connectivity index (χ1n) is 9.04. The third-order valence-electron chi connectivity index (χ3n) is 4.68. The first-order chi connectivity index (χ1) is 12.6. The van der Waals surface area contributed by atoms with Crippen LogP contribution in [0.3, 0.4) is 0 Å². The Morgan fingerprint density at radius 1 is 1.08 bits per heavy atom. The van der Waals surface area contributed by atoms with Crippen molar-refractivity contribution in [3.05, 3.63) is 70.2 Å². The van der Waals surface area contributed by atoms with E-state index in [1.54, 1.807) is 24.3 Å². The molecular weight excluding hydrogens is 348 g/mol. The highest BCUT2D eigenvalue weighted by molar-refractivity contribution is 6.30. The molecule has 3 rings (SSSR count). The Labute approximate surface area is 158 Å². The first kappa shape index (κ1) is 18.5. The van der Waals surface area contributed by atoms with Crippen LogP contribution < -0.4 is 10.6 Å². The van der Waals surface area contributed by atoms with Gasteiger partial charge < -0.3 is 10.6 Å². The second kappa shape index (κ2) is 8.86. The molecule has 2 amide bonds. The van der Waals surface area contributed by atoms with Crippen LogP contribution in [0.5, 0.6) is 0 Å². The molecule has 0 bridgehead atoms. The van der Waals surface area contributed by atoms with E-state index >= 15 is 0 Å². The number of fused-ring (bicyclic) bond motifs is 1. The summed E-state index contributed by atoms with van der Waals surface area (Å²) in [5.74, 6) is -0.115. The molecule has 2 aromatic carbocycles. The minimum absolute atomic E-state index is 0.0347. The van der Waals surface area contributed by atoms with Crippen molar-refractivity contribution in [1.82, 2.24) is 10.6 Å². The van der Waals surface area contributed by atoms with Gasteiger partial charge in [0.05, 0.1) is 6.04 Å². The molecule has 0 saturated carbocycles. The fourth-order valence-corrected chi connectivity index (χ4v) is 3.45. The van der Waals surface area contributed by atoms with Crippen LogP contribution in [-0.4, -0.2) is 18.4 Å². The molecule has 1 aliphatic rings. The molecule has 5 heteroatoms. The molecule has 0 fully saturated rings. The Balaban J connectivity index is 1.41. The van der Waals surface area contributed by atoms with E-state index in [0.29, 0.717) is 30.0 Å². The topological polar surface area (TPSA) is 58.2 Å². The van der Waals surface area contributed by atoms with Crippen molar-refractivity contribution < 1.29 is 9.59 Å². The summed E-state index contributed by atoms with van der Waals surface area (Å²) in [6, 6.07) is 15.2. The summed E-state index contributed by atoms with van der Waals surface area (Å²) >= 11 is 5.81. The largest absolute Gasteiger partial charge is 0.352 e.